The second kappa shape index (κ2) is 11.2. The van der Waals surface area contributed by atoms with Gasteiger partial charge in [-0.15, -0.1) is 0 Å². The van der Waals surface area contributed by atoms with Gasteiger partial charge in [0.25, 0.3) is 5.91 Å². The van der Waals surface area contributed by atoms with Crippen molar-refractivity contribution < 1.29 is 49.8 Å². The molecule has 37 heavy (non-hydrogen) atoms. The number of carbonyl (C=O) groups is 1. The Balaban J connectivity index is 1.66. The number of piperidine rings is 1. The molecular formula is C21H29F5N4O6S. The highest BCUT2D eigenvalue weighted by atomic mass is 32.2. The number of sulfonamides is 1. The number of nitrogens with zero attached hydrogens (tertiary/aromatic N) is 3. The van der Waals surface area contributed by atoms with Crippen molar-refractivity contribution >= 4 is 21.6 Å². The molecule has 0 saturated carbocycles. The number of rotatable bonds is 9. The number of carbonyl (C=O) groups excluding carboxylic acids is 1. The van der Waals surface area contributed by atoms with Crippen LogP contribution in [0.25, 0.3) is 0 Å². The zero-order valence-corrected chi connectivity index (χ0v) is 20.8. The van der Waals surface area contributed by atoms with E-state index in [1.165, 1.54) is 21.9 Å². The van der Waals surface area contributed by atoms with E-state index >= 15 is 0 Å². The lowest BCUT2D eigenvalue weighted by molar-refractivity contribution is -0.360. The monoisotopic (exact) mass is 560 g/mol. The summed E-state index contributed by atoms with van der Waals surface area (Å²) < 4.78 is 98.6. The molecule has 1 aromatic carbocycles. The molecule has 10 nitrogen and oxygen atoms in total. The Morgan fingerprint density at radius 3 is 2.08 bits per heavy atom. The highest BCUT2D eigenvalue weighted by molar-refractivity contribution is 7.91. The average molecular weight is 561 g/mol. The van der Waals surface area contributed by atoms with Crippen LogP contribution in [-0.2, 0) is 19.6 Å². The van der Waals surface area contributed by atoms with Gasteiger partial charge in [0.15, 0.2) is 4.75 Å². The summed E-state index contributed by atoms with van der Waals surface area (Å²) in [4.78, 5) is 16.3. The first-order chi connectivity index (χ1) is 17.3. The standard InChI is InChI=1S/C21H29F5N4O6S/c1-35-15-14-28-8-6-19(7-9-28,18(31)27-32)37(33,34)30-12-10-29(11-13-30)16-2-4-17(5-3-16)36-21(25,26)20(22,23)24/h2-5,32H,6-15H2,1H3,(H,27,31). The van der Waals surface area contributed by atoms with Crippen LogP contribution in [0.2, 0.25) is 0 Å². The third-order valence-corrected chi connectivity index (χ3v) is 9.27. The minimum atomic E-state index is -5.86. The normalized spacial score (nSPS) is 20.0. The molecule has 2 N–H and O–H groups in total. The molecule has 0 aromatic heterocycles. The molecule has 0 radical (unpaired) electrons. The van der Waals surface area contributed by atoms with Crippen molar-refractivity contribution in [3.8, 4) is 5.75 Å². The van der Waals surface area contributed by atoms with E-state index in [4.69, 9.17) is 4.74 Å². The topological polar surface area (TPSA) is 112 Å². The fourth-order valence-electron chi connectivity index (χ4n) is 4.43. The smallest absolute Gasteiger partial charge is 0.426 e. The number of amides is 1. The maximum absolute atomic E-state index is 13.6. The van der Waals surface area contributed by atoms with Crippen LogP contribution in [0.1, 0.15) is 12.8 Å². The molecule has 0 bridgehead atoms. The van der Waals surface area contributed by atoms with E-state index < -0.39 is 38.7 Å². The lowest BCUT2D eigenvalue weighted by Gasteiger charge is -2.44. The zero-order valence-electron chi connectivity index (χ0n) is 20.0. The number of anilines is 1. The van der Waals surface area contributed by atoms with Crippen LogP contribution in [0.3, 0.4) is 0 Å². The van der Waals surface area contributed by atoms with Gasteiger partial charge in [-0.1, -0.05) is 0 Å². The Morgan fingerprint density at radius 2 is 1.59 bits per heavy atom. The summed E-state index contributed by atoms with van der Waals surface area (Å²) in [6.07, 6.45) is -11.2. The van der Waals surface area contributed by atoms with Crippen LogP contribution in [0.4, 0.5) is 27.6 Å². The predicted octanol–water partition coefficient (Wildman–Crippen LogP) is 1.66. The Labute approximate surface area is 210 Å². The van der Waals surface area contributed by atoms with Crippen molar-refractivity contribution in [1.82, 2.24) is 14.7 Å². The fourth-order valence-corrected chi connectivity index (χ4v) is 6.54. The molecule has 0 aliphatic carbocycles. The van der Waals surface area contributed by atoms with Crippen molar-refractivity contribution in [3.63, 3.8) is 0 Å². The van der Waals surface area contributed by atoms with Gasteiger partial charge >= 0.3 is 12.3 Å². The quantitative estimate of drug-likeness (QED) is 0.267. The first kappa shape index (κ1) is 29.3. The summed E-state index contributed by atoms with van der Waals surface area (Å²) in [6, 6.07) is 4.52. The van der Waals surface area contributed by atoms with Crippen molar-refractivity contribution in [2.45, 2.75) is 29.9 Å². The molecule has 2 aliphatic heterocycles. The highest BCUT2D eigenvalue weighted by Crippen LogP contribution is 2.38. The number of likely N-dealkylation sites (tertiary alicyclic amines) is 1. The third kappa shape index (κ3) is 6.08. The fraction of sp³-hybridized carbons (Fsp3) is 0.667. The molecule has 3 rings (SSSR count). The number of hydrogen-bond donors (Lipinski definition) is 2. The average Bonchev–Trinajstić information content (AvgIpc) is 2.87. The van der Waals surface area contributed by atoms with Crippen LogP contribution in [0.15, 0.2) is 24.3 Å². The van der Waals surface area contributed by atoms with Crippen LogP contribution in [0, 0.1) is 0 Å². The Morgan fingerprint density at radius 1 is 1.03 bits per heavy atom. The highest BCUT2D eigenvalue weighted by Gasteiger charge is 2.61. The van der Waals surface area contributed by atoms with E-state index in [0.29, 0.717) is 31.9 Å². The van der Waals surface area contributed by atoms with E-state index in [-0.39, 0.29) is 39.0 Å². The van der Waals surface area contributed by atoms with Gasteiger partial charge in [-0.3, -0.25) is 10.0 Å². The minimum Gasteiger partial charge on any atom is -0.426 e. The van der Waals surface area contributed by atoms with Crippen molar-refractivity contribution in [3.05, 3.63) is 24.3 Å². The first-order valence-corrected chi connectivity index (χ1v) is 12.9. The first-order valence-electron chi connectivity index (χ1n) is 11.4. The molecule has 1 amide bonds. The van der Waals surface area contributed by atoms with E-state index in [1.54, 1.807) is 12.0 Å². The van der Waals surface area contributed by atoms with E-state index in [2.05, 4.69) is 4.74 Å². The van der Waals surface area contributed by atoms with Gasteiger partial charge in [0, 0.05) is 58.6 Å². The Kier molecular flexibility index (Phi) is 8.89. The zero-order chi connectivity index (χ0) is 27.5. The van der Waals surface area contributed by atoms with Gasteiger partial charge in [0.05, 0.1) is 6.61 Å². The lowest BCUT2D eigenvalue weighted by Crippen LogP contribution is -2.63. The van der Waals surface area contributed by atoms with Gasteiger partial charge in [0.1, 0.15) is 5.75 Å². The van der Waals surface area contributed by atoms with E-state index in [1.807, 2.05) is 4.90 Å². The van der Waals surface area contributed by atoms with Crippen LogP contribution in [-0.4, -0.2) is 105 Å². The van der Waals surface area contributed by atoms with E-state index in [0.717, 1.165) is 12.1 Å². The largest absolute Gasteiger partial charge is 0.499 e. The molecule has 16 heteroatoms. The van der Waals surface area contributed by atoms with Crippen LogP contribution in [0.5, 0.6) is 5.75 Å². The predicted molar refractivity (Wildman–Crippen MR) is 121 cm³/mol. The maximum Gasteiger partial charge on any atom is 0.499 e. The number of hydrogen-bond acceptors (Lipinski definition) is 8. The number of hydroxylamine groups is 1. The van der Waals surface area contributed by atoms with Crippen molar-refractivity contribution in [2.24, 2.45) is 0 Å². The van der Waals surface area contributed by atoms with Gasteiger partial charge in [-0.25, -0.2) is 13.9 Å². The van der Waals surface area contributed by atoms with Crippen LogP contribution < -0.4 is 15.1 Å². The summed E-state index contributed by atoms with van der Waals surface area (Å²) in [5.74, 6) is -1.67. The molecule has 210 valence electrons. The number of nitrogens with one attached hydrogen (secondary N) is 1. The minimum absolute atomic E-state index is 0.000573. The van der Waals surface area contributed by atoms with Gasteiger partial charge in [-0.2, -0.15) is 26.3 Å². The SMILES string of the molecule is COCCN1CCC(C(=O)NO)(S(=O)(=O)N2CCN(c3ccc(OC(F)(F)C(F)(F)F)cc3)CC2)CC1. The summed E-state index contributed by atoms with van der Waals surface area (Å²) >= 11 is 0. The third-order valence-electron chi connectivity index (χ3n) is 6.64. The second-order valence-electron chi connectivity index (χ2n) is 8.77. The van der Waals surface area contributed by atoms with E-state index in [9.17, 15) is 40.4 Å². The maximum atomic E-state index is 13.6. The van der Waals surface area contributed by atoms with Gasteiger partial charge in [-0.05, 0) is 37.1 Å². The molecule has 1 aromatic rings. The summed E-state index contributed by atoms with van der Waals surface area (Å²) in [6.45, 7) is 2.01. The summed E-state index contributed by atoms with van der Waals surface area (Å²) in [5, 5.41) is 9.31. The number of halogens is 5. The van der Waals surface area contributed by atoms with Crippen LogP contribution >= 0.6 is 0 Å². The molecule has 0 unspecified atom stereocenters. The molecular weight excluding hydrogens is 531 g/mol. The molecule has 0 spiro atoms. The molecule has 2 heterocycles. The Hall–Kier alpha value is -2.27. The van der Waals surface area contributed by atoms with Gasteiger partial charge < -0.3 is 19.3 Å². The molecule has 2 saturated heterocycles. The number of benzene rings is 1. The summed E-state index contributed by atoms with van der Waals surface area (Å²) in [5.41, 5.74) is 1.98. The Bertz CT molecular complexity index is 1020. The number of alkyl halides is 5. The van der Waals surface area contributed by atoms with Crippen molar-refractivity contribution in [1.29, 1.82) is 0 Å². The number of methoxy groups -OCH3 is 1. The lowest BCUT2D eigenvalue weighted by atomic mass is 9.95. The number of ether oxygens (including phenoxy) is 2. The molecule has 2 fully saturated rings. The van der Waals surface area contributed by atoms with Gasteiger partial charge in [0.2, 0.25) is 10.0 Å². The van der Waals surface area contributed by atoms with Crippen molar-refractivity contribution in [2.75, 3.05) is 64.4 Å². The molecule has 2 aliphatic rings. The second-order valence-corrected chi connectivity index (χ2v) is 11.0. The molecule has 0 atom stereocenters. The summed E-state index contributed by atoms with van der Waals surface area (Å²) in [7, 11) is -2.63. The number of piperazine rings is 1.